The van der Waals surface area contributed by atoms with Crippen molar-refractivity contribution in [3.05, 3.63) is 29.6 Å². The Hall–Kier alpha value is -1.09. The number of hydrogen-bond acceptors (Lipinski definition) is 2. The van der Waals surface area contributed by atoms with E-state index in [1.54, 1.807) is 0 Å². The molecule has 0 bridgehead atoms. The molecule has 0 radical (unpaired) electrons. The van der Waals surface area contributed by atoms with Gasteiger partial charge in [0.1, 0.15) is 0 Å². The molecule has 1 aromatic carbocycles. The Kier molecular flexibility index (Phi) is 3.97. The highest BCUT2D eigenvalue weighted by Crippen LogP contribution is 2.44. The van der Waals surface area contributed by atoms with Gasteiger partial charge in [-0.25, -0.2) is 4.39 Å². The molecule has 1 N–H and O–H groups in total. The van der Waals surface area contributed by atoms with Gasteiger partial charge in [-0.3, -0.25) is 4.90 Å². The van der Waals surface area contributed by atoms with E-state index in [1.807, 2.05) is 6.07 Å². The molecular formula is C17H24FNO. The van der Waals surface area contributed by atoms with Crippen molar-refractivity contribution in [2.45, 2.75) is 51.5 Å². The van der Waals surface area contributed by atoms with Crippen LogP contribution in [0.4, 0.5) is 4.39 Å². The number of piperidine rings is 1. The predicted molar refractivity (Wildman–Crippen MR) is 78.1 cm³/mol. The Labute approximate surface area is 120 Å². The quantitative estimate of drug-likeness (QED) is 0.880. The van der Waals surface area contributed by atoms with Crippen molar-refractivity contribution in [3.63, 3.8) is 0 Å². The topological polar surface area (TPSA) is 23.5 Å². The SMILES string of the molecule is Oc1ccc(CN2CCC3(CCCCC3)CC2)cc1F. The van der Waals surface area contributed by atoms with Crippen LogP contribution in [0.3, 0.4) is 0 Å². The summed E-state index contributed by atoms with van der Waals surface area (Å²) in [7, 11) is 0. The zero-order chi connectivity index (χ0) is 14.0. The van der Waals surface area contributed by atoms with Crippen molar-refractivity contribution in [2.75, 3.05) is 13.1 Å². The van der Waals surface area contributed by atoms with Crippen molar-refractivity contribution >= 4 is 0 Å². The summed E-state index contributed by atoms with van der Waals surface area (Å²) >= 11 is 0. The highest BCUT2D eigenvalue weighted by Gasteiger charge is 2.35. The number of rotatable bonds is 2. The molecule has 110 valence electrons. The molecule has 3 heteroatoms. The minimum Gasteiger partial charge on any atom is -0.505 e. The lowest BCUT2D eigenvalue weighted by atomic mass is 9.68. The van der Waals surface area contributed by atoms with Crippen LogP contribution in [-0.4, -0.2) is 23.1 Å². The van der Waals surface area contributed by atoms with E-state index in [1.165, 1.54) is 57.1 Å². The first-order valence-corrected chi connectivity index (χ1v) is 7.87. The first kappa shape index (κ1) is 13.9. The molecule has 1 saturated heterocycles. The largest absolute Gasteiger partial charge is 0.505 e. The van der Waals surface area contributed by atoms with Crippen molar-refractivity contribution < 1.29 is 9.50 Å². The van der Waals surface area contributed by atoms with E-state index in [9.17, 15) is 9.50 Å². The molecule has 0 atom stereocenters. The molecule has 0 amide bonds. The van der Waals surface area contributed by atoms with E-state index in [0.717, 1.165) is 25.2 Å². The van der Waals surface area contributed by atoms with E-state index in [0.29, 0.717) is 5.41 Å². The van der Waals surface area contributed by atoms with Crippen LogP contribution < -0.4 is 0 Å². The van der Waals surface area contributed by atoms with Crippen LogP contribution in [0.1, 0.15) is 50.5 Å². The lowest BCUT2D eigenvalue weighted by molar-refractivity contribution is 0.0641. The van der Waals surface area contributed by atoms with Crippen molar-refractivity contribution in [2.24, 2.45) is 5.41 Å². The Morgan fingerprint density at radius 2 is 1.75 bits per heavy atom. The molecular weight excluding hydrogens is 253 g/mol. The molecule has 2 nitrogen and oxygen atoms in total. The molecule has 2 fully saturated rings. The summed E-state index contributed by atoms with van der Waals surface area (Å²) < 4.78 is 13.4. The summed E-state index contributed by atoms with van der Waals surface area (Å²) in [6.45, 7) is 3.05. The Morgan fingerprint density at radius 3 is 2.40 bits per heavy atom. The van der Waals surface area contributed by atoms with E-state index in [4.69, 9.17) is 0 Å². The zero-order valence-corrected chi connectivity index (χ0v) is 12.1. The first-order chi connectivity index (χ1) is 9.67. The smallest absolute Gasteiger partial charge is 0.165 e. The number of aromatic hydroxyl groups is 1. The second-order valence-electron chi connectivity index (χ2n) is 6.62. The van der Waals surface area contributed by atoms with Gasteiger partial charge < -0.3 is 5.11 Å². The second kappa shape index (κ2) is 5.72. The van der Waals surface area contributed by atoms with Gasteiger partial charge in [0.25, 0.3) is 0 Å². The highest BCUT2D eigenvalue weighted by atomic mass is 19.1. The third kappa shape index (κ3) is 2.98. The van der Waals surface area contributed by atoms with Crippen LogP contribution in [0.15, 0.2) is 18.2 Å². The maximum absolute atomic E-state index is 13.4. The molecule has 1 aromatic rings. The molecule has 0 unspecified atom stereocenters. The second-order valence-corrected chi connectivity index (χ2v) is 6.62. The Bertz CT molecular complexity index is 458. The van der Waals surface area contributed by atoms with E-state index in [-0.39, 0.29) is 5.75 Å². The number of phenolic OH excluding ortho intramolecular Hbond substituents is 1. The molecule has 1 heterocycles. The summed E-state index contributed by atoms with van der Waals surface area (Å²) in [6.07, 6.45) is 9.65. The number of phenols is 1. The summed E-state index contributed by atoms with van der Waals surface area (Å²) in [5, 5.41) is 9.23. The van der Waals surface area contributed by atoms with Gasteiger partial charge in [0.15, 0.2) is 11.6 Å². The van der Waals surface area contributed by atoms with E-state index < -0.39 is 5.82 Å². The molecule has 20 heavy (non-hydrogen) atoms. The standard InChI is InChI=1S/C17H24FNO/c18-15-12-14(4-5-16(15)20)13-19-10-8-17(9-11-19)6-2-1-3-7-17/h4-5,12,20H,1-3,6-11,13H2. The van der Waals surface area contributed by atoms with E-state index >= 15 is 0 Å². The van der Waals surface area contributed by atoms with Crippen LogP contribution >= 0.6 is 0 Å². The highest BCUT2D eigenvalue weighted by molar-refractivity contribution is 5.28. The van der Waals surface area contributed by atoms with Crippen LogP contribution in [-0.2, 0) is 6.54 Å². The molecule has 1 saturated carbocycles. The van der Waals surface area contributed by atoms with Gasteiger partial charge in [0, 0.05) is 6.54 Å². The number of nitrogens with zero attached hydrogens (tertiary/aromatic N) is 1. The van der Waals surface area contributed by atoms with Gasteiger partial charge in [-0.2, -0.15) is 0 Å². The normalized spacial score (nSPS) is 23.1. The van der Waals surface area contributed by atoms with Crippen LogP contribution in [0.25, 0.3) is 0 Å². The maximum Gasteiger partial charge on any atom is 0.165 e. The molecule has 1 spiro atoms. The van der Waals surface area contributed by atoms with Gasteiger partial charge in [0.2, 0.25) is 0 Å². The first-order valence-electron chi connectivity index (χ1n) is 7.87. The van der Waals surface area contributed by atoms with Crippen LogP contribution in [0, 0.1) is 11.2 Å². The predicted octanol–water partition coefficient (Wildman–Crippen LogP) is 4.08. The summed E-state index contributed by atoms with van der Waals surface area (Å²) in [4.78, 5) is 2.42. The van der Waals surface area contributed by atoms with Gasteiger partial charge in [0.05, 0.1) is 0 Å². The van der Waals surface area contributed by atoms with Crippen LogP contribution in [0.2, 0.25) is 0 Å². The zero-order valence-electron chi connectivity index (χ0n) is 12.1. The fraction of sp³-hybridized carbons (Fsp3) is 0.647. The van der Waals surface area contributed by atoms with Crippen LogP contribution in [0.5, 0.6) is 5.75 Å². The Balaban J connectivity index is 1.56. The summed E-state index contributed by atoms with van der Waals surface area (Å²) in [6, 6.07) is 4.74. The average Bonchev–Trinajstić information content (AvgIpc) is 2.47. The average molecular weight is 277 g/mol. The number of halogens is 1. The minimum absolute atomic E-state index is 0.256. The molecule has 0 aromatic heterocycles. The third-order valence-corrected chi connectivity index (χ3v) is 5.25. The van der Waals surface area contributed by atoms with E-state index in [2.05, 4.69) is 4.90 Å². The fourth-order valence-electron chi connectivity index (χ4n) is 3.89. The minimum atomic E-state index is -0.511. The molecule has 1 aliphatic carbocycles. The van der Waals surface area contributed by atoms with Gasteiger partial charge >= 0.3 is 0 Å². The number of likely N-dealkylation sites (tertiary alicyclic amines) is 1. The summed E-state index contributed by atoms with van der Waals surface area (Å²) in [5.41, 5.74) is 1.58. The lowest BCUT2D eigenvalue weighted by Gasteiger charge is -2.44. The number of hydrogen-bond donors (Lipinski definition) is 1. The van der Waals surface area contributed by atoms with Crippen molar-refractivity contribution in [1.29, 1.82) is 0 Å². The summed E-state index contributed by atoms with van der Waals surface area (Å²) in [5.74, 6) is -0.767. The monoisotopic (exact) mass is 277 g/mol. The van der Waals surface area contributed by atoms with Gasteiger partial charge in [-0.1, -0.05) is 25.3 Å². The third-order valence-electron chi connectivity index (χ3n) is 5.25. The lowest BCUT2D eigenvalue weighted by Crippen LogP contribution is -2.40. The fourth-order valence-corrected chi connectivity index (χ4v) is 3.89. The van der Waals surface area contributed by atoms with Crippen molar-refractivity contribution in [3.8, 4) is 5.75 Å². The molecule has 2 aliphatic rings. The Morgan fingerprint density at radius 1 is 1.05 bits per heavy atom. The van der Waals surface area contributed by atoms with Gasteiger partial charge in [-0.05, 0) is 61.9 Å². The van der Waals surface area contributed by atoms with Crippen molar-refractivity contribution in [1.82, 2.24) is 4.90 Å². The number of benzene rings is 1. The maximum atomic E-state index is 13.4. The molecule has 1 aliphatic heterocycles. The van der Waals surface area contributed by atoms with Gasteiger partial charge in [-0.15, -0.1) is 0 Å². The molecule has 3 rings (SSSR count).